The monoisotopic (exact) mass is 1310 g/mol. The van der Waals surface area contributed by atoms with Crippen LogP contribution in [0.2, 0.25) is 12.1 Å². The molecular formula is C87H110F2N2O4Si-. The predicted octanol–water partition coefficient (Wildman–Crippen LogP) is 24.9. The van der Waals surface area contributed by atoms with Crippen molar-refractivity contribution < 1.29 is 28.5 Å². The molecule has 0 bridgehead atoms. The van der Waals surface area contributed by atoms with Crippen LogP contribution < -0.4 is 9.47 Å². The number of phenolic OH excluding ortho intramolecular Hbond substituents is 2. The molecule has 0 unspecified atom stereocenters. The average Bonchev–Trinajstić information content (AvgIpc) is 1.53. The van der Waals surface area contributed by atoms with Crippen molar-refractivity contribution in [1.29, 1.82) is 0 Å². The zero-order valence-corrected chi connectivity index (χ0v) is 63.7. The molecule has 511 valence electrons. The molecule has 9 heteroatoms. The Morgan fingerprint density at radius 3 is 1.06 bits per heavy atom. The van der Waals surface area contributed by atoms with Crippen molar-refractivity contribution in [1.82, 2.24) is 9.13 Å². The predicted molar refractivity (Wildman–Crippen MR) is 407 cm³/mol. The lowest BCUT2D eigenvalue weighted by Crippen LogP contribution is -2.47. The van der Waals surface area contributed by atoms with Gasteiger partial charge in [0.2, 0.25) is 0 Å². The van der Waals surface area contributed by atoms with Gasteiger partial charge in [-0.25, -0.2) is 8.78 Å². The smallest absolute Gasteiger partial charge is 0.147 e. The van der Waals surface area contributed by atoms with E-state index in [1.807, 2.05) is 6.92 Å². The normalized spacial score (nSPS) is 13.5. The van der Waals surface area contributed by atoms with Gasteiger partial charge >= 0.3 is 0 Å². The number of fused-ring (bicyclic) bond motifs is 6. The lowest BCUT2D eigenvalue weighted by molar-refractivity contribution is 0.283. The van der Waals surface area contributed by atoms with Crippen LogP contribution in [-0.2, 0) is 32.5 Å². The van der Waals surface area contributed by atoms with E-state index in [-0.39, 0.29) is 44.0 Å². The molecule has 0 amide bonds. The fraction of sp³-hybridized carbons (Fsp3) is 0.448. The summed E-state index contributed by atoms with van der Waals surface area (Å²) in [6, 6.07) is 44.6. The van der Waals surface area contributed by atoms with Gasteiger partial charge in [0, 0.05) is 43.8 Å². The number of ether oxygens (including phenoxy) is 2. The number of aromatic hydroxyl groups is 2. The van der Waals surface area contributed by atoms with Crippen LogP contribution in [0.15, 0.2) is 127 Å². The summed E-state index contributed by atoms with van der Waals surface area (Å²) >= 11 is 0. The summed E-state index contributed by atoms with van der Waals surface area (Å²) < 4.78 is 51.8. The van der Waals surface area contributed by atoms with E-state index in [1.54, 1.807) is 6.07 Å². The first-order chi connectivity index (χ1) is 44.2. The van der Waals surface area contributed by atoms with Crippen LogP contribution in [-0.4, -0.2) is 39.9 Å². The Morgan fingerprint density at radius 1 is 0.375 bits per heavy atom. The Balaban J connectivity index is 1.11. The fourth-order valence-corrected chi connectivity index (χ4v) is 17.5. The summed E-state index contributed by atoms with van der Waals surface area (Å²) in [7, 11) is -2.65. The van der Waals surface area contributed by atoms with E-state index in [2.05, 4.69) is 272 Å². The van der Waals surface area contributed by atoms with Crippen molar-refractivity contribution in [2.24, 2.45) is 10.8 Å². The molecule has 0 saturated carbocycles. The molecule has 8 aromatic carbocycles. The molecule has 6 nitrogen and oxygen atoms in total. The molecule has 0 atom stereocenters. The van der Waals surface area contributed by atoms with Crippen LogP contribution in [0.3, 0.4) is 0 Å². The van der Waals surface area contributed by atoms with E-state index in [0.717, 1.165) is 79.7 Å². The Bertz CT molecular complexity index is 4480. The summed E-state index contributed by atoms with van der Waals surface area (Å²) in [5.41, 5.74) is 12.8. The van der Waals surface area contributed by atoms with Gasteiger partial charge in [0.1, 0.15) is 34.6 Å². The molecule has 2 N–H and O–H groups in total. The third kappa shape index (κ3) is 14.2. The number of halogens is 2. The Kier molecular flexibility index (Phi) is 18.5. The fourth-order valence-electron chi connectivity index (χ4n) is 15.2. The zero-order valence-electron chi connectivity index (χ0n) is 62.7. The molecule has 2 heterocycles. The van der Waals surface area contributed by atoms with Gasteiger partial charge in [-0.15, -0.1) is 0 Å². The summed E-state index contributed by atoms with van der Waals surface area (Å²) in [5.74, 6) is 0.128. The number of benzene rings is 8. The van der Waals surface area contributed by atoms with Gasteiger partial charge in [-0.2, -0.15) is 12.1 Å². The minimum Gasteiger partial charge on any atom is -0.526 e. The molecule has 0 saturated heterocycles. The summed E-state index contributed by atoms with van der Waals surface area (Å²) in [5, 5.41) is 31.1. The Morgan fingerprint density at radius 2 is 0.719 bits per heavy atom. The first-order valence-electron chi connectivity index (χ1n) is 35.0. The first-order valence-corrected chi connectivity index (χ1v) is 37.9. The van der Waals surface area contributed by atoms with Crippen LogP contribution in [0.4, 0.5) is 8.78 Å². The zero-order chi connectivity index (χ0) is 70.7. The summed E-state index contributed by atoms with van der Waals surface area (Å²) in [6.45, 7) is 55.6. The van der Waals surface area contributed by atoms with Gasteiger partial charge < -0.3 is 28.8 Å². The van der Waals surface area contributed by atoms with Crippen LogP contribution in [0.5, 0.6) is 23.0 Å². The highest BCUT2D eigenvalue weighted by Gasteiger charge is 2.35. The molecule has 96 heavy (non-hydrogen) atoms. The van der Waals surface area contributed by atoms with E-state index in [1.165, 1.54) is 46.5 Å². The molecule has 0 aliphatic heterocycles. The Labute approximate surface area is 574 Å². The Hall–Kier alpha value is -7.36. The van der Waals surface area contributed by atoms with E-state index in [4.69, 9.17) is 9.47 Å². The van der Waals surface area contributed by atoms with Crippen LogP contribution in [0.1, 0.15) is 218 Å². The van der Waals surface area contributed by atoms with Gasteiger partial charge in [0.05, 0.1) is 33.4 Å². The van der Waals surface area contributed by atoms with Crippen molar-refractivity contribution in [2.75, 3.05) is 12.5 Å². The molecule has 2 aromatic heterocycles. The standard InChI is InChI=1S/C87H110F2N2O4Si/c1-26-96(27-2,51-94-76-37-32-60(88)47-66(76)67-39-58(86(22,23)49-80(4,5)6)45-74(77(67)92)90-70-41-54(82(10,11)12)28-33-62(70)63-34-29-55(42-71(63)90)83(13,14)15)52-95-79-53(3)38-61(89)48-69(79)68-40-59(87(24,25)50-81(7,8)9)46-75(78(68)93)91-72-43-56(84(16,17)18)30-35-64(72)65-36-31-57(44-73(65)91)85(19,20)21/h28-48,92-93H,26-27,49-52H2,1-25H3/q-1. The molecule has 0 radical (unpaired) electrons. The summed E-state index contributed by atoms with van der Waals surface area (Å²) in [6.07, 6.45) is 2.29. The molecular weight excluding hydrogens is 1200 g/mol. The summed E-state index contributed by atoms with van der Waals surface area (Å²) in [4.78, 5) is 0. The van der Waals surface area contributed by atoms with Gasteiger partial charge in [0.25, 0.3) is 0 Å². The van der Waals surface area contributed by atoms with Crippen LogP contribution in [0.25, 0.3) is 77.2 Å². The van der Waals surface area contributed by atoms with E-state index in [9.17, 15) is 10.2 Å². The molecule has 10 rings (SSSR count). The quantitative estimate of drug-likeness (QED) is 0.0946. The second kappa shape index (κ2) is 24.9. The second-order valence-electron chi connectivity index (χ2n) is 36.1. The first kappa shape index (κ1) is 71.4. The van der Waals surface area contributed by atoms with Crippen molar-refractivity contribution in [2.45, 2.75) is 231 Å². The number of nitrogens with zero attached hydrogens (tertiary/aromatic N) is 2. The minimum absolute atomic E-state index is 0.0266. The molecule has 10 aromatic rings. The van der Waals surface area contributed by atoms with Gasteiger partial charge in [0.15, 0.2) is 0 Å². The number of aryl methyl sites for hydroxylation is 1. The maximum absolute atomic E-state index is 16.6. The van der Waals surface area contributed by atoms with Crippen molar-refractivity contribution >= 4 is 51.7 Å². The number of phenols is 2. The van der Waals surface area contributed by atoms with Crippen LogP contribution in [0, 0.1) is 29.4 Å². The lowest BCUT2D eigenvalue weighted by atomic mass is 9.71. The maximum Gasteiger partial charge on any atom is 0.147 e. The molecule has 0 aliphatic rings. The number of rotatable bonds is 16. The van der Waals surface area contributed by atoms with E-state index in [0.29, 0.717) is 63.2 Å². The van der Waals surface area contributed by atoms with Crippen molar-refractivity contribution in [3.05, 3.63) is 178 Å². The van der Waals surface area contributed by atoms with Gasteiger partial charge in [-0.3, -0.25) is 0 Å². The van der Waals surface area contributed by atoms with Crippen molar-refractivity contribution in [3.63, 3.8) is 0 Å². The second-order valence-corrected chi connectivity index (χ2v) is 41.1. The SMILES string of the molecule is CC[Si-](CC)(COc1ccc(F)cc1-c1cc(C(C)(C)CC(C)(C)C)cc(-n2c3cc(C(C)(C)C)ccc3c3ccc(C(C)(C)C)cc32)c1O)COc1c(C)cc(F)cc1-c1cc(C(C)(C)CC(C)(C)C)cc(-n2c3cc(C(C)(C)C)ccc3c3ccc(C(C)(C)C)cc32)c1O. The number of aromatic nitrogens is 2. The van der Waals surface area contributed by atoms with Crippen molar-refractivity contribution in [3.8, 4) is 56.6 Å². The van der Waals surface area contributed by atoms with Gasteiger partial charge in [-0.1, -0.05) is 223 Å². The van der Waals surface area contributed by atoms with Crippen LogP contribution >= 0.6 is 0 Å². The molecule has 0 fully saturated rings. The minimum atomic E-state index is -2.65. The van der Waals surface area contributed by atoms with E-state index >= 15 is 8.78 Å². The topological polar surface area (TPSA) is 68.8 Å². The highest BCUT2D eigenvalue weighted by molar-refractivity contribution is 6.79. The third-order valence-electron chi connectivity index (χ3n) is 20.5. The lowest BCUT2D eigenvalue weighted by Gasteiger charge is -2.40. The highest BCUT2D eigenvalue weighted by Crippen LogP contribution is 2.51. The molecule has 0 spiro atoms. The van der Waals surface area contributed by atoms with E-state index < -0.39 is 30.5 Å². The highest BCUT2D eigenvalue weighted by atomic mass is 28.3. The number of hydrogen-bond donors (Lipinski definition) is 2. The molecule has 0 aliphatic carbocycles. The average molecular weight is 1310 g/mol. The third-order valence-corrected chi connectivity index (χ3v) is 25.0. The van der Waals surface area contributed by atoms with Gasteiger partial charge in [-0.05, 0) is 193 Å². The largest absolute Gasteiger partial charge is 0.526 e. The maximum atomic E-state index is 16.6. The number of hydrogen-bond acceptors (Lipinski definition) is 4.